The minimum atomic E-state index is -0.949. The first-order chi connectivity index (χ1) is 9.55. The Balaban J connectivity index is 3.01. The summed E-state index contributed by atoms with van der Waals surface area (Å²) in [4.78, 5) is 15.8. The van der Waals surface area contributed by atoms with Gasteiger partial charge in [0.25, 0.3) is 0 Å². The van der Waals surface area contributed by atoms with Crippen molar-refractivity contribution in [3.8, 4) is 0 Å². The molecule has 21 heavy (non-hydrogen) atoms. The summed E-state index contributed by atoms with van der Waals surface area (Å²) in [5.74, 6) is -0.386. The first-order valence-corrected chi connectivity index (χ1v) is 7.19. The smallest absolute Gasteiger partial charge is 0.335 e. The van der Waals surface area contributed by atoms with Crippen LogP contribution in [0.4, 0.5) is 5.82 Å². The van der Waals surface area contributed by atoms with Crippen LogP contribution in [-0.4, -0.2) is 34.8 Å². The highest BCUT2D eigenvalue weighted by Crippen LogP contribution is 2.24. The maximum absolute atomic E-state index is 11.3. The predicted molar refractivity (Wildman–Crippen MR) is 84.1 cm³/mol. The maximum Gasteiger partial charge on any atom is 0.335 e. The van der Waals surface area contributed by atoms with Gasteiger partial charge in [0.2, 0.25) is 0 Å². The molecule has 0 fully saturated rings. The largest absolute Gasteiger partial charge is 0.478 e. The van der Waals surface area contributed by atoms with E-state index in [0.29, 0.717) is 19.0 Å². The fourth-order valence-electron chi connectivity index (χ4n) is 1.87. The molecule has 1 rings (SSSR count). The summed E-state index contributed by atoms with van der Waals surface area (Å²) in [6, 6.07) is 3.18. The van der Waals surface area contributed by atoms with E-state index in [1.807, 2.05) is 41.5 Å². The normalized spacial score (nSPS) is 12.3. The highest BCUT2D eigenvalue weighted by molar-refractivity contribution is 5.88. The highest BCUT2D eigenvalue weighted by Gasteiger charge is 2.21. The van der Waals surface area contributed by atoms with Crippen molar-refractivity contribution in [2.45, 2.75) is 52.6 Å². The molecular weight excluding hydrogens is 268 g/mol. The Morgan fingerprint density at radius 1 is 1.29 bits per heavy atom. The van der Waals surface area contributed by atoms with Crippen LogP contribution in [0.5, 0.6) is 0 Å². The number of carboxylic acids is 1. The van der Waals surface area contributed by atoms with Crippen molar-refractivity contribution in [3.63, 3.8) is 0 Å². The molecule has 1 heterocycles. The van der Waals surface area contributed by atoms with Crippen molar-refractivity contribution in [3.05, 3.63) is 23.4 Å². The molecule has 1 aromatic heterocycles. The van der Waals surface area contributed by atoms with Crippen molar-refractivity contribution in [2.24, 2.45) is 0 Å². The van der Waals surface area contributed by atoms with Crippen molar-refractivity contribution in [1.82, 2.24) is 4.98 Å². The first kappa shape index (κ1) is 17.4. The zero-order valence-corrected chi connectivity index (χ0v) is 13.8. The predicted octanol–water partition coefficient (Wildman–Crippen LogP) is 3.30. The zero-order valence-electron chi connectivity index (χ0n) is 13.8. The summed E-state index contributed by atoms with van der Waals surface area (Å²) in [5.41, 5.74) is 0.445. The van der Waals surface area contributed by atoms with Gasteiger partial charge in [-0.05, 0) is 32.9 Å². The number of nitrogens with one attached hydrogen (secondary N) is 1. The van der Waals surface area contributed by atoms with Crippen LogP contribution >= 0.6 is 0 Å². The van der Waals surface area contributed by atoms with Gasteiger partial charge in [0.15, 0.2) is 0 Å². The SMILES string of the molecule is CCOC(C)(C)CNc1cc(C(=O)O)cc(C(C)(C)C)n1. The highest BCUT2D eigenvalue weighted by atomic mass is 16.5. The number of aromatic nitrogens is 1. The average Bonchev–Trinajstić information content (AvgIpc) is 2.35. The van der Waals surface area contributed by atoms with Gasteiger partial charge in [-0.2, -0.15) is 0 Å². The van der Waals surface area contributed by atoms with Gasteiger partial charge >= 0.3 is 5.97 Å². The molecule has 0 radical (unpaired) electrons. The van der Waals surface area contributed by atoms with Crippen molar-refractivity contribution in [1.29, 1.82) is 0 Å². The molecule has 5 heteroatoms. The molecule has 0 aliphatic carbocycles. The molecule has 0 spiro atoms. The van der Waals surface area contributed by atoms with Gasteiger partial charge in [-0.3, -0.25) is 0 Å². The van der Waals surface area contributed by atoms with Crippen LogP contribution in [-0.2, 0) is 10.2 Å². The van der Waals surface area contributed by atoms with Gasteiger partial charge < -0.3 is 15.2 Å². The van der Waals surface area contributed by atoms with E-state index in [-0.39, 0.29) is 16.6 Å². The van der Waals surface area contributed by atoms with E-state index in [9.17, 15) is 9.90 Å². The second-order valence-corrected chi connectivity index (χ2v) is 6.73. The quantitative estimate of drug-likeness (QED) is 0.842. The Hall–Kier alpha value is -1.62. The van der Waals surface area contributed by atoms with Crippen LogP contribution in [0.1, 0.15) is 57.6 Å². The van der Waals surface area contributed by atoms with Gasteiger partial charge in [0.1, 0.15) is 5.82 Å². The first-order valence-electron chi connectivity index (χ1n) is 7.19. The number of rotatable bonds is 6. The number of hydrogen-bond acceptors (Lipinski definition) is 4. The van der Waals surface area contributed by atoms with Crippen molar-refractivity contribution < 1.29 is 14.6 Å². The van der Waals surface area contributed by atoms with Crippen LogP contribution in [0.3, 0.4) is 0 Å². The Labute approximate surface area is 126 Å². The van der Waals surface area contributed by atoms with E-state index >= 15 is 0 Å². The number of aromatic carboxylic acids is 1. The maximum atomic E-state index is 11.3. The van der Waals surface area contributed by atoms with Gasteiger partial charge in [-0.15, -0.1) is 0 Å². The molecular formula is C16H26N2O3. The fourth-order valence-corrected chi connectivity index (χ4v) is 1.87. The topological polar surface area (TPSA) is 71.5 Å². The Morgan fingerprint density at radius 2 is 1.90 bits per heavy atom. The lowest BCUT2D eigenvalue weighted by Gasteiger charge is -2.26. The molecule has 0 saturated carbocycles. The number of anilines is 1. The van der Waals surface area contributed by atoms with Gasteiger partial charge in [0, 0.05) is 24.3 Å². The number of hydrogen-bond donors (Lipinski definition) is 2. The molecule has 0 amide bonds. The summed E-state index contributed by atoms with van der Waals surface area (Å²) in [6.07, 6.45) is 0. The molecule has 0 aliphatic heterocycles. The number of pyridine rings is 1. The molecule has 0 aliphatic rings. The molecule has 5 nitrogen and oxygen atoms in total. The van der Waals surface area contributed by atoms with Gasteiger partial charge in [-0.25, -0.2) is 9.78 Å². The van der Waals surface area contributed by atoms with E-state index in [2.05, 4.69) is 10.3 Å². The fraction of sp³-hybridized carbons (Fsp3) is 0.625. The Kier molecular flexibility index (Phi) is 5.34. The second kappa shape index (κ2) is 6.43. The lowest BCUT2D eigenvalue weighted by Crippen LogP contribution is -2.33. The van der Waals surface area contributed by atoms with Crippen molar-refractivity contribution >= 4 is 11.8 Å². The molecule has 0 aromatic carbocycles. The Bertz CT molecular complexity index is 505. The van der Waals surface area contributed by atoms with Crippen LogP contribution in [0.2, 0.25) is 0 Å². The summed E-state index contributed by atoms with van der Waals surface area (Å²) in [7, 11) is 0. The number of ether oxygens (including phenoxy) is 1. The summed E-state index contributed by atoms with van der Waals surface area (Å²) < 4.78 is 5.62. The summed E-state index contributed by atoms with van der Waals surface area (Å²) >= 11 is 0. The summed E-state index contributed by atoms with van der Waals surface area (Å²) in [6.45, 7) is 13.1. The minimum Gasteiger partial charge on any atom is -0.478 e. The third-order valence-electron chi connectivity index (χ3n) is 3.07. The van der Waals surface area contributed by atoms with E-state index in [4.69, 9.17) is 4.74 Å². The second-order valence-electron chi connectivity index (χ2n) is 6.73. The average molecular weight is 294 g/mol. The van der Waals surface area contributed by atoms with Crippen LogP contribution < -0.4 is 5.32 Å². The third kappa shape index (κ3) is 5.34. The molecule has 1 aromatic rings. The summed E-state index contributed by atoms with van der Waals surface area (Å²) in [5, 5.41) is 12.4. The molecule has 0 saturated heterocycles. The van der Waals surface area contributed by atoms with E-state index in [1.165, 1.54) is 0 Å². The minimum absolute atomic E-state index is 0.211. The molecule has 0 bridgehead atoms. The van der Waals surface area contributed by atoms with E-state index in [1.54, 1.807) is 12.1 Å². The lowest BCUT2D eigenvalue weighted by molar-refractivity contribution is 0.000638. The van der Waals surface area contributed by atoms with E-state index in [0.717, 1.165) is 5.69 Å². The Morgan fingerprint density at radius 3 is 2.38 bits per heavy atom. The third-order valence-corrected chi connectivity index (χ3v) is 3.07. The zero-order chi connectivity index (χ0) is 16.3. The molecule has 2 N–H and O–H groups in total. The number of nitrogens with zero attached hydrogens (tertiary/aromatic N) is 1. The van der Waals surface area contributed by atoms with E-state index < -0.39 is 5.97 Å². The number of carbonyl (C=O) groups is 1. The molecule has 118 valence electrons. The molecule has 0 atom stereocenters. The van der Waals surface area contributed by atoms with Gasteiger partial charge in [-0.1, -0.05) is 20.8 Å². The molecule has 0 unspecified atom stereocenters. The van der Waals surface area contributed by atoms with Gasteiger partial charge in [0.05, 0.1) is 11.2 Å². The van der Waals surface area contributed by atoms with Crippen LogP contribution in [0, 0.1) is 0 Å². The number of carboxylic acid groups (broad SMARTS) is 1. The lowest BCUT2D eigenvalue weighted by atomic mass is 9.90. The standard InChI is InChI=1S/C16H26N2O3/c1-7-21-16(5,6)10-17-13-9-11(14(19)20)8-12(18-13)15(2,3)4/h8-9H,7,10H2,1-6H3,(H,17,18)(H,19,20). The van der Waals surface area contributed by atoms with Crippen LogP contribution in [0.25, 0.3) is 0 Å². The monoisotopic (exact) mass is 294 g/mol. The van der Waals surface area contributed by atoms with Crippen LogP contribution in [0.15, 0.2) is 12.1 Å². The van der Waals surface area contributed by atoms with Crippen molar-refractivity contribution in [2.75, 3.05) is 18.5 Å².